The third kappa shape index (κ3) is 2.53. The first-order chi connectivity index (χ1) is 4.72. The lowest BCUT2D eigenvalue weighted by molar-refractivity contribution is 1.47. The topological polar surface area (TPSA) is 0 Å². The average Bonchev–Trinajstić information content (AvgIpc) is 1.85. The van der Waals surface area contributed by atoms with Crippen LogP contribution in [0, 0.1) is 6.92 Å². The van der Waals surface area contributed by atoms with Crippen LogP contribution in [-0.4, -0.2) is 18.2 Å². The summed E-state index contributed by atoms with van der Waals surface area (Å²) in [6, 6.07) is 6.53. The summed E-state index contributed by atoms with van der Waals surface area (Å²) < 4.78 is 2.64. The normalized spacial score (nSPS) is 9.10. The first-order valence-electron chi connectivity index (χ1n) is 3.04. The van der Waals surface area contributed by atoms with Crippen LogP contribution in [0.2, 0.25) is 0 Å². The highest BCUT2D eigenvalue weighted by atomic mass is 79.9. The van der Waals surface area contributed by atoms with E-state index >= 15 is 0 Å². The predicted molar refractivity (Wildman–Crippen MR) is 53.2 cm³/mol. The maximum atomic E-state index is 3.54. The second-order valence-electron chi connectivity index (χ2n) is 2.27. The number of hydrogen-bond donors (Lipinski definition) is 0. The van der Waals surface area contributed by atoms with Crippen molar-refractivity contribution in [2.24, 2.45) is 0 Å². The molecule has 0 unspecified atom stereocenters. The van der Waals surface area contributed by atoms with E-state index in [0.717, 1.165) is 0 Å². The molecule has 0 amide bonds. The summed E-state index contributed by atoms with van der Waals surface area (Å²) in [7, 11) is 0. The number of hydrogen-bond acceptors (Lipinski definition) is 0. The van der Waals surface area contributed by atoms with Gasteiger partial charge < -0.3 is 0 Å². The van der Waals surface area contributed by atoms with Crippen molar-refractivity contribution < 1.29 is 0 Å². The van der Waals surface area contributed by atoms with Crippen molar-refractivity contribution in [2.45, 2.75) is 6.92 Å². The molecule has 0 radical (unpaired) electrons. The molecule has 0 N–H and O–H groups in total. The van der Waals surface area contributed by atoms with Crippen LogP contribution in [0.5, 0.6) is 0 Å². The zero-order valence-electron chi connectivity index (χ0n) is 5.70. The van der Waals surface area contributed by atoms with Crippen molar-refractivity contribution in [3.8, 4) is 0 Å². The molecular formula is C7H6Br2Mg. The Morgan fingerprint density at radius 3 is 2.50 bits per heavy atom. The van der Waals surface area contributed by atoms with Gasteiger partial charge >= 0.3 is 18.2 Å². The number of rotatable bonds is 1. The number of benzene rings is 1. The molecule has 0 spiro atoms. The van der Waals surface area contributed by atoms with Crippen LogP contribution >= 0.6 is 28.8 Å². The zero-order valence-corrected chi connectivity index (χ0v) is 10.3. The molecule has 0 aliphatic carbocycles. The molecule has 0 saturated heterocycles. The van der Waals surface area contributed by atoms with E-state index < -0.39 is 0 Å². The number of aryl methyl sites for hydroxylation is 1. The van der Waals surface area contributed by atoms with Crippen LogP contribution in [-0.2, 0) is 0 Å². The smallest absolute Gasteiger partial charge is 0.296 e. The lowest BCUT2D eigenvalue weighted by atomic mass is 10.2. The van der Waals surface area contributed by atoms with Gasteiger partial charge in [-0.15, -0.1) is 0 Å². The molecule has 0 aliphatic heterocycles. The second kappa shape index (κ2) is 4.09. The minimum atomic E-state index is -0.169. The van der Waals surface area contributed by atoms with E-state index in [0.29, 0.717) is 0 Å². The van der Waals surface area contributed by atoms with Gasteiger partial charge in [-0.1, -0.05) is 33.6 Å². The fourth-order valence-corrected chi connectivity index (χ4v) is 3.51. The van der Waals surface area contributed by atoms with Crippen molar-refractivity contribution in [3.63, 3.8) is 0 Å². The Labute approximate surface area is 85.1 Å². The van der Waals surface area contributed by atoms with E-state index in [-0.39, 0.29) is 18.2 Å². The Hall–Kier alpha value is 0.946. The van der Waals surface area contributed by atoms with Gasteiger partial charge in [0.1, 0.15) is 0 Å². The van der Waals surface area contributed by atoms with Crippen LogP contribution in [0.1, 0.15) is 5.56 Å². The summed E-state index contributed by atoms with van der Waals surface area (Å²) in [5.41, 5.74) is 1.33. The first kappa shape index (κ1) is 9.04. The Balaban J connectivity index is 3.06. The molecular weight excluding hydrogens is 268 g/mol. The summed E-state index contributed by atoms with van der Waals surface area (Å²) in [4.78, 5) is 0. The molecule has 10 heavy (non-hydrogen) atoms. The molecule has 0 saturated carbocycles. The van der Waals surface area contributed by atoms with Crippen molar-refractivity contribution in [1.82, 2.24) is 0 Å². The van der Waals surface area contributed by atoms with Gasteiger partial charge in [0.2, 0.25) is 0 Å². The van der Waals surface area contributed by atoms with Crippen molar-refractivity contribution in [2.75, 3.05) is 0 Å². The van der Waals surface area contributed by atoms with Crippen LogP contribution in [0.3, 0.4) is 0 Å². The van der Waals surface area contributed by atoms with E-state index in [1.54, 1.807) is 0 Å². The molecule has 1 aromatic carbocycles. The SMILES string of the molecule is Cc1cc(Br)c[c]([Mg][Br])c1. The third-order valence-corrected chi connectivity index (χ3v) is 4.37. The first-order valence-corrected chi connectivity index (χ1v) is 8.44. The summed E-state index contributed by atoms with van der Waals surface area (Å²) in [5.74, 6) is 0. The molecule has 0 heterocycles. The molecule has 0 aromatic heterocycles. The summed E-state index contributed by atoms with van der Waals surface area (Å²) in [5, 5.41) is 0. The van der Waals surface area contributed by atoms with E-state index in [4.69, 9.17) is 0 Å². The van der Waals surface area contributed by atoms with Gasteiger partial charge in [0.05, 0.1) is 0 Å². The second-order valence-corrected chi connectivity index (χ2v) is 5.95. The van der Waals surface area contributed by atoms with Gasteiger partial charge in [-0.2, -0.15) is 3.69 Å². The van der Waals surface area contributed by atoms with Gasteiger partial charge in [-0.05, 0) is 13.0 Å². The monoisotopic (exact) mass is 272 g/mol. The molecule has 1 rings (SSSR count). The lowest BCUT2D eigenvalue weighted by Crippen LogP contribution is -2.07. The van der Waals surface area contributed by atoms with Crippen LogP contribution < -0.4 is 3.69 Å². The minimum absolute atomic E-state index is 0.169. The molecule has 0 aliphatic rings. The molecule has 1 aromatic rings. The van der Waals surface area contributed by atoms with Gasteiger partial charge in [-0.3, -0.25) is 12.9 Å². The lowest BCUT2D eigenvalue weighted by Gasteiger charge is -1.98. The van der Waals surface area contributed by atoms with E-state index in [2.05, 4.69) is 53.9 Å². The highest BCUT2D eigenvalue weighted by Gasteiger charge is 1.96. The van der Waals surface area contributed by atoms with E-state index in [1.807, 2.05) is 0 Å². The average molecular weight is 274 g/mol. The highest BCUT2D eigenvalue weighted by molar-refractivity contribution is 9.23. The van der Waals surface area contributed by atoms with Crippen LogP contribution in [0.25, 0.3) is 0 Å². The van der Waals surface area contributed by atoms with Crippen molar-refractivity contribution in [1.29, 1.82) is 0 Å². The Bertz CT molecular complexity index is 215. The quantitative estimate of drug-likeness (QED) is 0.690. The fourth-order valence-electron chi connectivity index (χ4n) is 0.889. The number of halogens is 2. The standard InChI is InChI=1S/C7H6Br.BrH.Mg/c1-6-3-2-4-7(8)5-6;;/h3-5H,1H3;1H;/q;;+1/p-1. The van der Waals surface area contributed by atoms with Gasteiger partial charge in [0.15, 0.2) is 0 Å². The molecule has 0 bridgehead atoms. The third-order valence-electron chi connectivity index (χ3n) is 1.26. The summed E-state index contributed by atoms with van der Waals surface area (Å²) >= 11 is 6.83. The zero-order chi connectivity index (χ0) is 7.56. The maximum Gasteiger partial charge on any atom is 0.506 e. The Morgan fingerprint density at radius 2 is 2.00 bits per heavy atom. The maximum absolute atomic E-state index is 3.54. The van der Waals surface area contributed by atoms with Gasteiger partial charge in [0, 0.05) is 4.47 Å². The summed E-state index contributed by atoms with van der Waals surface area (Å²) in [6.07, 6.45) is 0. The molecule has 0 fully saturated rings. The van der Waals surface area contributed by atoms with Crippen LogP contribution in [0.15, 0.2) is 22.7 Å². The Kier molecular flexibility index (Phi) is 3.70. The molecule has 3 heteroatoms. The fraction of sp³-hybridized carbons (Fsp3) is 0.143. The van der Waals surface area contributed by atoms with E-state index in [9.17, 15) is 0 Å². The molecule has 50 valence electrons. The van der Waals surface area contributed by atoms with Crippen molar-refractivity contribution in [3.05, 3.63) is 28.2 Å². The largest absolute Gasteiger partial charge is 0.506 e. The van der Waals surface area contributed by atoms with Gasteiger partial charge in [-0.25, -0.2) is 0 Å². The minimum Gasteiger partial charge on any atom is -0.296 e. The Morgan fingerprint density at radius 1 is 1.30 bits per heavy atom. The van der Waals surface area contributed by atoms with Crippen LogP contribution in [0.4, 0.5) is 0 Å². The molecule has 0 nitrogen and oxygen atoms in total. The molecule has 0 atom stereocenters. The van der Waals surface area contributed by atoms with E-state index in [1.165, 1.54) is 13.7 Å². The summed E-state index contributed by atoms with van der Waals surface area (Å²) in [6.45, 7) is 2.12. The van der Waals surface area contributed by atoms with Gasteiger partial charge in [0.25, 0.3) is 0 Å². The highest BCUT2D eigenvalue weighted by Crippen LogP contribution is 2.09. The van der Waals surface area contributed by atoms with Crippen molar-refractivity contribution >= 4 is 50.7 Å². The predicted octanol–water partition coefficient (Wildman–Crippen LogP) is 2.40.